The molecule has 23 heavy (non-hydrogen) atoms. The van der Waals surface area contributed by atoms with Gasteiger partial charge in [-0.3, -0.25) is 4.79 Å². The molecule has 0 saturated carbocycles. The van der Waals surface area contributed by atoms with E-state index in [9.17, 15) is 4.79 Å². The summed E-state index contributed by atoms with van der Waals surface area (Å²) in [5.74, 6) is 0.996. The van der Waals surface area contributed by atoms with Crippen molar-refractivity contribution in [3.8, 4) is 0 Å². The molecule has 0 aromatic carbocycles. The van der Waals surface area contributed by atoms with E-state index in [-0.39, 0.29) is 18.1 Å². The SMILES string of the molecule is CCOC(C)c1nc(C(=O)NC2CCc3nc(C)cn3C2)cs1. The molecular weight excluding hydrogens is 312 g/mol. The van der Waals surface area contributed by atoms with E-state index in [1.54, 1.807) is 5.38 Å². The van der Waals surface area contributed by atoms with Crippen LogP contribution in [-0.4, -0.2) is 33.1 Å². The fourth-order valence-electron chi connectivity index (χ4n) is 2.86. The minimum Gasteiger partial charge on any atom is -0.372 e. The van der Waals surface area contributed by atoms with Crippen molar-refractivity contribution in [3.05, 3.63) is 33.8 Å². The predicted molar refractivity (Wildman–Crippen MR) is 88.7 cm³/mol. The normalized spacial score (nSPS) is 18.5. The number of imidazole rings is 1. The highest BCUT2D eigenvalue weighted by Gasteiger charge is 2.23. The molecule has 1 aliphatic rings. The van der Waals surface area contributed by atoms with Gasteiger partial charge in [0.2, 0.25) is 0 Å². The number of carbonyl (C=O) groups is 1. The second-order valence-electron chi connectivity index (χ2n) is 5.83. The Bertz CT molecular complexity index is 694. The first-order valence-corrected chi connectivity index (χ1v) is 8.85. The Hall–Kier alpha value is -1.73. The lowest BCUT2D eigenvalue weighted by atomic mass is 10.1. The molecule has 2 aromatic heterocycles. The van der Waals surface area contributed by atoms with Crippen LogP contribution in [-0.2, 0) is 17.7 Å². The number of ether oxygens (including phenoxy) is 1. The highest BCUT2D eigenvalue weighted by atomic mass is 32.1. The maximum absolute atomic E-state index is 12.4. The van der Waals surface area contributed by atoms with Crippen LogP contribution >= 0.6 is 11.3 Å². The molecule has 0 bridgehead atoms. The number of amides is 1. The van der Waals surface area contributed by atoms with Gasteiger partial charge in [0.1, 0.15) is 22.6 Å². The second-order valence-corrected chi connectivity index (χ2v) is 6.72. The highest BCUT2D eigenvalue weighted by Crippen LogP contribution is 2.21. The van der Waals surface area contributed by atoms with Gasteiger partial charge in [0, 0.05) is 37.2 Å². The molecule has 1 amide bonds. The zero-order chi connectivity index (χ0) is 16.4. The largest absolute Gasteiger partial charge is 0.372 e. The Labute approximate surface area is 139 Å². The van der Waals surface area contributed by atoms with E-state index in [0.717, 1.165) is 35.9 Å². The van der Waals surface area contributed by atoms with Crippen molar-refractivity contribution in [2.24, 2.45) is 0 Å². The molecular formula is C16H22N4O2S. The maximum Gasteiger partial charge on any atom is 0.271 e. The molecule has 0 saturated heterocycles. The molecule has 0 radical (unpaired) electrons. The zero-order valence-corrected chi connectivity index (χ0v) is 14.5. The van der Waals surface area contributed by atoms with E-state index in [4.69, 9.17) is 4.74 Å². The third kappa shape index (κ3) is 3.61. The van der Waals surface area contributed by atoms with Gasteiger partial charge in [-0.25, -0.2) is 9.97 Å². The summed E-state index contributed by atoms with van der Waals surface area (Å²) < 4.78 is 7.65. The summed E-state index contributed by atoms with van der Waals surface area (Å²) in [6.07, 6.45) is 3.77. The van der Waals surface area contributed by atoms with Gasteiger partial charge in [-0.2, -0.15) is 0 Å². The van der Waals surface area contributed by atoms with Crippen molar-refractivity contribution in [2.75, 3.05) is 6.61 Å². The second kappa shape index (κ2) is 6.80. The quantitative estimate of drug-likeness (QED) is 0.912. The van der Waals surface area contributed by atoms with Gasteiger partial charge in [0.25, 0.3) is 5.91 Å². The maximum atomic E-state index is 12.4. The zero-order valence-electron chi connectivity index (χ0n) is 13.7. The smallest absolute Gasteiger partial charge is 0.271 e. The van der Waals surface area contributed by atoms with Crippen molar-refractivity contribution < 1.29 is 9.53 Å². The topological polar surface area (TPSA) is 69.0 Å². The van der Waals surface area contributed by atoms with Crippen LogP contribution in [0, 0.1) is 6.92 Å². The number of aryl methyl sites for hydroxylation is 2. The molecule has 1 aliphatic heterocycles. The van der Waals surface area contributed by atoms with Crippen molar-refractivity contribution in [1.82, 2.24) is 19.9 Å². The van der Waals surface area contributed by atoms with Crippen LogP contribution in [0.2, 0.25) is 0 Å². The van der Waals surface area contributed by atoms with Crippen LogP contribution in [0.5, 0.6) is 0 Å². The van der Waals surface area contributed by atoms with E-state index in [2.05, 4.69) is 19.9 Å². The molecule has 6 nitrogen and oxygen atoms in total. The Morgan fingerprint density at radius 1 is 1.57 bits per heavy atom. The van der Waals surface area contributed by atoms with Gasteiger partial charge in [-0.15, -0.1) is 11.3 Å². The van der Waals surface area contributed by atoms with Crippen LogP contribution in [0.15, 0.2) is 11.6 Å². The summed E-state index contributed by atoms with van der Waals surface area (Å²) in [4.78, 5) is 21.3. The molecule has 2 aromatic rings. The van der Waals surface area contributed by atoms with Crippen molar-refractivity contribution in [2.45, 2.75) is 52.3 Å². The lowest BCUT2D eigenvalue weighted by Crippen LogP contribution is -2.41. The summed E-state index contributed by atoms with van der Waals surface area (Å²) in [5.41, 5.74) is 1.50. The van der Waals surface area contributed by atoms with Crippen LogP contribution < -0.4 is 5.32 Å². The highest BCUT2D eigenvalue weighted by molar-refractivity contribution is 7.09. The number of carbonyl (C=O) groups excluding carboxylic acids is 1. The summed E-state index contributed by atoms with van der Waals surface area (Å²) in [5, 5.41) is 5.73. The van der Waals surface area contributed by atoms with E-state index in [0.29, 0.717) is 12.3 Å². The van der Waals surface area contributed by atoms with Crippen molar-refractivity contribution >= 4 is 17.2 Å². The minimum atomic E-state index is -0.110. The van der Waals surface area contributed by atoms with E-state index < -0.39 is 0 Å². The summed E-state index contributed by atoms with van der Waals surface area (Å²) >= 11 is 1.47. The lowest BCUT2D eigenvalue weighted by Gasteiger charge is -2.24. The Balaban J connectivity index is 1.61. The van der Waals surface area contributed by atoms with Crippen molar-refractivity contribution in [1.29, 1.82) is 0 Å². The monoisotopic (exact) mass is 334 g/mol. The van der Waals surface area contributed by atoms with E-state index >= 15 is 0 Å². The molecule has 1 N–H and O–H groups in total. The summed E-state index contributed by atoms with van der Waals surface area (Å²) in [6.45, 7) is 7.31. The number of rotatable bonds is 5. The molecule has 3 heterocycles. The Morgan fingerprint density at radius 2 is 2.39 bits per heavy atom. The third-order valence-corrected chi connectivity index (χ3v) is 4.97. The molecule has 124 valence electrons. The minimum absolute atomic E-state index is 0.0716. The number of hydrogen-bond acceptors (Lipinski definition) is 5. The van der Waals surface area contributed by atoms with Gasteiger partial charge < -0.3 is 14.6 Å². The van der Waals surface area contributed by atoms with Crippen molar-refractivity contribution in [3.63, 3.8) is 0 Å². The Morgan fingerprint density at radius 3 is 3.17 bits per heavy atom. The number of thiazole rings is 1. The molecule has 3 rings (SSSR count). The molecule has 0 spiro atoms. The summed E-state index contributed by atoms with van der Waals surface area (Å²) in [6, 6.07) is 0.123. The van der Waals surface area contributed by atoms with Gasteiger partial charge >= 0.3 is 0 Å². The van der Waals surface area contributed by atoms with E-state index in [1.165, 1.54) is 11.3 Å². The lowest BCUT2D eigenvalue weighted by molar-refractivity contribution is 0.0759. The Kier molecular flexibility index (Phi) is 4.77. The van der Waals surface area contributed by atoms with Gasteiger partial charge in [0.15, 0.2) is 0 Å². The summed E-state index contributed by atoms with van der Waals surface area (Å²) in [7, 11) is 0. The van der Waals surface area contributed by atoms with Gasteiger partial charge in [-0.1, -0.05) is 0 Å². The number of fused-ring (bicyclic) bond motifs is 1. The fourth-order valence-corrected chi connectivity index (χ4v) is 3.67. The first-order chi connectivity index (χ1) is 11.1. The first kappa shape index (κ1) is 16.1. The molecule has 2 unspecified atom stereocenters. The number of nitrogens with zero attached hydrogens (tertiary/aromatic N) is 3. The molecule has 0 fully saturated rings. The van der Waals surface area contributed by atoms with Gasteiger partial charge in [-0.05, 0) is 27.2 Å². The van der Waals surface area contributed by atoms with Crippen LogP contribution in [0.4, 0.5) is 0 Å². The number of nitrogens with one attached hydrogen (secondary N) is 1. The van der Waals surface area contributed by atoms with Crippen LogP contribution in [0.25, 0.3) is 0 Å². The number of hydrogen-bond donors (Lipinski definition) is 1. The molecule has 0 aliphatic carbocycles. The average molecular weight is 334 g/mol. The van der Waals surface area contributed by atoms with Crippen LogP contribution in [0.3, 0.4) is 0 Å². The first-order valence-electron chi connectivity index (χ1n) is 7.97. The molecule has 2 atom stereocenters. The molecule has 7 heteroatoms. The average Bonchev–Trinajstić information content (AvgIpc) is 3.12. The predicted octanol–water partition coefficient (Wildman–Crippen LogP) is 2.49. The third-order valence-electron chi connectivity index (χ3n) is 3.97. The van der Waals surface area contributed by atoms with E-state index in [1.807, 2.05) is 27.0 Å². The van der Waals surface area contributed by atoms with Gasteiger partial charge in [0.05, 0.1) is 5.69 Å². The number of aromatic nitrogens is 3. The standard InChI is InChI=1S/C16H22N4O2S/c1-4-22-11(3)16-19-13(9-23-16)15(21)18-12-5-6-14-17-10(2)7-20(14)8-12/h7,9,11-12H,4-6,8H2,1-3H3,(H,18,21). The fraction of sp³-hybridized carbons (Fsp3) is 0.562. The van der Waals surface area contributed by atoms with Crippen LogP contribution in [0.1, 0.15) is 53.4 Å².